The maximum Gasteiger partial charge on any atom is 1.00 e. The molecule has 12 heteroatoms. The van der Waals surface area contributed by atoms with E-state index >= 15 is 0 Å². The SMILES string of the molecule is CN(C)c1cccc2c(S(=O)(=O)NCC(O)c3ccc(OS(=O)(=O)[O-])cc3)cccc12.[Na+]. The zero-order valence-corrected chi connectivity index (χ0v) is 21.4. The first-order chi connectivity index (χ1) is 14.5. The summed E-state index contributed by atoms with van der Waals surface area (Å²) in [7, 11) is -5.11. The number of hydrogen-bond donors (Lipinski definition) is 2. The molecule has 0 radical (unpaired) electrons. The van der Waals surface area contributed by atoms with Crippen LogP contribution >= 0.6 is 0 Å². The van der Waals surface area contributed by atoms with Gasteiger partial charge in [-0.25, -0.2) is 21.6 Å². The first kappa shape index (κ1) is 26.6. The largest absolute Gasteiger partial charge is 1.00 e. The minimum absolute atomic E-state index is 0. The van der Waals surface area contributed by atoms with E-state index in [1.54, 1.807) is 18.2 Å². The van der Waals surface area contributed by atoms with Gasteiger partial charge in [-0.15, -0.1) is 0 Å². The predicted octanol–water partition coefficient (Wildman–Crippen LogP) is -1.24. The van der Waals surface area contributed by atoms with Crippen LogP contribution in [0.25, 0.3) is 10.8 Å². The van der Waals surface area contributed by atoms with Gasteiger partial charge < -0.3 is 18.7 Å². The summed E-state index contributed by atoms with van der Waals surface area (Å²) >= 11 is 0. The van der Waals surface area contributed by atoms with E-state index < -0.39 is 26.5 Å². The van der Waals surface area contributed by atoms with Crippen LogP contribution in [0.1, 0.15) is 11.7 Å². The number of fused-ring (bicyclic) bond motifs is 1. The number of anilines is 1. The standard InChI is InChI=1S/C20H22N2O7S2.Na/c1-22(2)18-7-3-6-17-16(18)5-4-8-20(17)30(24,25)21-13-19(23)14-9-11-15(12-10-14)29-31(26,27)28;/h3-12,19,21,23H,13H2,1-2H3,(H,26,27,28);/q;+1/p-1. The molecule has 0 aliphatic carbocycles. The van der Waals surface area contributed by atoms with Crippen molar-refractivity contribution in [1.29, 1.82) is 0 Å². The fraction of sp³-hybridized carbons (Fsp3) is 0.200. The molecule has 32 heavy (non-hydrogen) atoms. The summed E-state index contributed by atoms with van der Waals surface area (Å²) in [5, 5.41) is 11.7. The number of hydrogen-bond acceptors (Lipinski definition) is 8. The summed E-state index contributed by atoms with van der Waals surface area (Å²) in [4.78, 5) is 1.98. The van der Waals surface area contributed by atoms with E-state index in [4.69, 9.17) is 0 Å². The Labute approximate surface area is 209 Å². The predicted molar refractivity (Wildman–Crippen MR) is 115 cm³/mol. The van der Waals surface area contributed by atoms with Crippen LogP contribution in [0, 0.1) is 0 Å². The number of rotatable bonds is 8. The van der Waals surface area contributed by atoms with Crippen molar-refractivity contribution in [1.82, 2.24) is 4.72 Å². The summed E-state index contributed by atoms with van der Waals surface area (Å²) in [6.07, 6.45) is -1.21. The summed E-state index contributed by atoms with van der Waals surface area (Å²) < 4.78 is 64.3. The Kier molecular flexibility index (Phi) is 8.70. The molecule has 166 valence electrons. The van der Waals surface area contributed by atoms with Crippen molar-refractivity contribution in [3.05, 3.63) is 66.2 Å². The molecule has 0 spiro atoms. The fourth-order valence-corrected chi connectivity index (χ4v) is 4.74. The zero-order chi connectivity index (χ0) is 22.8. The first-order valence-electron chi connectivity index (χ1n) is 9.10. The quantitative estimate of drug-likeness (QED) is 0.228. The number of aliphatic hydroxyl groups is 1. The van der Waals surface area contributed by atoms with Crippen molar-refractivity contribution in [3.8, 4) is 5.75 Å². The van der Waals surface area contributed by atoms with Gasteiger partial charge in [0.25, 0.3) is 10.4 Å². The van der Waals surface area contributed by atoms with Crippen molar-refractivity contribution < 1.29 is 60.2 Å². The maximum atomic E-state index is 12.9. The summed E-state index contributed by atoms with van der Waals surface area (Å²) in [5.41, 5.74) is 1.18. The normalized spacial score (nSPS) is 12.8. The Morgan fingerprint density at radius 3 is 2.16 bits per heavy atom. The molecule has 0 saturated carbocycles. The molecule has 0 aromatic heterocycles. The van der Waals surface area contributed by atoms with Crippen LogP contribution in [-0.4, -0.2) is 47.1 Å². The molecule has 1 atom stereocenters. The molecule has 0 heterocycles. The number of nitrogens with one attached hydrogen (secondary N) is 1. The third-order valence-corrected chi connectivity index (χ3v) is 6.44. The number of benzene rings is 3. The van der Waals surface area contributed by atoms with Crippen molar-refractivity contribution in [2.24, 2.45) is 0 Å². The van der Waals surface area contributed by atoms with Crippen LogP contribution in [0.15, 0.2) is 65.6 Å². The second-order valence-electron chi connectivity index (χ2n) is 6.95. The third-order valence-electron chi connectivity index (χ3n) is 4.56. The monoisotopic (exact) mass is 488 g/mol. The van der Waals surface area contributed by atoms with Crippen molar-refractivity contribution >= 4 is 36.9 Å². The van der Waals surface area contributed by atoms with Gasteiger partial charge in [0, 0.05) is 37.1 Å². The Morgan fingerprint density at radius 2 is 1.56 bits per heavy atom. The Hall–Kier alpha value is -1.70. The van der Waals surface area contributed by atoms with Crippen LogP contribution in [0.2, 0.25) is 0 Å². The van der Waals surface area contributed by atoms with Gasteiger partial charge in [0.1, 0.15) is 5.75 Å². The van der Waals surface area contributed by atoms with E-state index in [-0.39, 0.29) is 46.7 Å². The molecular formula is C20H21N2NaO7S2. The number of sulfonamides is 1. The zero-order valence-electron chi connectivity index (χ0n) is 17.7. The van der Waals surface area contributed by atoms with Crippen LogP contribution < -0.4 is 43.4 Å². The van der Waals surface area contributed by atoms with E-state index in [0.29, 0.717) is 10.9 Å². The average Bonchev–Trinajstić information content (AvgIpc) is 2.70. The molecule has 3 rings (SSSR count). The van der Waals surface area contributed by atoms with Crippen molar-refractivity contribution in [3.63, 3.8) is 0 Å². The fourth-order valence-electron chi connectivity index (χ4n) is 3.14. The van der Waals surface area contributed by atoms with E-state index in [9.17, 15) is 26.5 Å². The second kappa shape index (κ2) is 10.5. The van der Waals surface area contributed by atoms with E-state index in [1.807, 2.05) is 31.1 Å². The molecule has 0 amide bonds. The maximum absolute atomic E-state index is 12.9. The molecule has 1 unspecified atom stereocenters. The molecule has 0 bridgehead atoms. The van der Waals surface area contributed by atoms with Crippen LogP contribution in [0.5, 0.6) is 5.75 Å². The summed E-state index contributed by atoms with van der Waals surface area (Å²) in [5.74, 6) is -0.209. The van der Waals surface area contributed by atoms with E-state index in [1.165, 1.54) is 30.3 Å². The summed E-state index contributed by atoms with van der Waals surface area (Å²) in [6.45, 7) is -0.313. The van der Waals surface area contributed by atoms with Crippen LogP contribution in [0.4, 0.5) is 5.69 Å². The Bertz CT molecular complexity index is 1300. The summed E-state index contributed by atoms with van der Waals surface area (Å²) in [6, 6.07) is 15.4. The Morgan fingerprint density at radius 1 is 0.969 bits per heavy atom. The van der Waals surface area contributed by atoms with Gasteiger partial charge in [0.15, 0.2) is 0 Å². The smallest absolute Gasteiger partial charge is 0.716 e. The molecule has 0 saturated heterocycles. The molecule has 2 N–H and O–H groups in total. The molecule has 3 aromatic carbocycles. The third kappa shape index (κ3) is 6.42. The average molecular weight is 489 g/mol. The number of aliphatic hydroxyl groups excluding tert-OH is 1. The van der Waals surface area contributed by atoms with Gasteiger partial charge in [0.2, 0.25) is 10.0 Å². The van der Waals surface area contributed by atoms with Gasteiger partial charge in [-0.3, -0.25) is 0 Å². The van der Waals surface area contributed by atoms with Gasteiger partial charge >= 0.3 is 29.6 Å². The van der Waals surface area contributed by atoms with E-state index in [2.05, 4.69) is 8.91 Å². The Balaban J connectivity index is 0.00000363. The number of nitrogens with zero attached hydrogens (tertiary/aromatic N) is 1. The molecular weight excluding hydrogens is 467 g/mol. The van der Waals surface area contributed by atoms with Gasteiger partial charge in [-0.05, 0) is 29.8 Å². The minimum Gasteiger partial charge on any atom is -0.716 e. The molecule has 0 fully saturated rings. The van der Waals surface area contributed by atoms with Crippen LogP contribution in [0.3, 0.4) is 0 Å². The van der Waals surface area contributed by atoms with Gasteiger partial charge in [-0.1, -0.05) is 36.4 Å². The van der Waals surface area contributed by atoms with Crippen LogP contribution in [-0.2, 0) is 20.4 Å². The molecule has 9 nitrogen and oxygen atoms in total. The van der Waals surface area contributed by atoms with E-state index in [0.717, 1.165) is 11.1 Å². The van der Waals surface area contributed by atoms with Crippen molar-refractivity contribution in [2.75, 3.05) is 25.5 Å². The van der Waals surface area contributed by atoms with Gasteiger partial charge in [0.05, 0.1) is 11.0 Å². The first-order valence-corrected chi connectivity index (χ1v) is 11.9. The second-order valence-corrected chi connectivity index (χ2v) is 9.67. The molecule has 3 aromatic rings. The van der Waals surface area contributed by atoms with Gasteiger partial charge in [-0.2, -0.15) is 0 Å². The van der Waals surface area contributed by atoms with Crippen molar-refractivity contribution in [2.45, 2.75) is 11.0 Å². The molecule has 0 aliphatic heterocycles. The minimum atomic E-state index is -4.90. The topological polar surface area (TPSA) is 136 Å². The molecule has 0 aliphatic rings.